The first-order valence-electron chi connectivity index (χ1n) is 12.9. The van der Waals surface area contributed by atoms with E-state index < -0.39 is 0 Å². The van der Waals surface area contributed by atoms with Crippen LogP contribution < -0.4 is 15.5 Å². The molecule has 1 aliphatic rings. The van der Waals surface area contributed by atoms with E-state index in [2.05, 4.69) is 26.7 Å². The molecular formula is C31H30N6O. The maximum Gasteiger partial charge on any atom is 0.322 e. The minimum Gasteiger partial charge on any atom is -0.367 e. The van der Waals surface area contributed by atoms with Crippen molar-refractivity contribution in [2.24, 2.45) is 0 Å². The number of aromatic nitrogens is 2. The number of anilines is 2. The summed E-state index contributed by atoms with van der Waals surface area (Å²) in [5.74, 6) is 0.774. The predicted molar refractivity (Wildman–Crippen MR) is 149 cm³/mol. The number of pyridine rings is 2. The maximum atomic E-state index is 13.6. The zero-order chi connectivity index (χ0) is 26.2. The predicted octanol–water partition coefficient (Wildman–Crippen LogP) is 6.15. The van der Waals surface area contributed by atoms with Gasteiger partial charge in [-0.2, -0.15) is 5.26 Å². The van der Waals surface area contributed by atoms with Gasteiger partial charge >= 0.3 is 6.03 Å². The van der Waals surface area contributed by atoms with Gasteiger partial charge < -0.3 is 10.6 Å². The molecule has 1 fully saturated rings. The second kappa shape index (κ2) is 12.0. The van der Waals surface area contributed by atoms with Gasteiger partial charge in [0.05, 0.1) is 5.56 Å². The molecule has 2 N–H and O–H groups in total. The number of nitrogens with zero attached hydrogens (tertiary/aromatic N) is 4. The lowest BCUT2D eigenvalue weighted by atomic mass is 9.89. The Morgan fingerprint density at radius 2 is 1.68 bits per heavy atom. The first-order chi connectivity index (χ1) is 18.7. The fraction of sp³-hybridized carbons (Fsp3) is 0.226. The minimum atomic E-state index is -0.0897. The van der Waals surface area contributed by atoms with Crippen LogP contribution in [0.3, 0.4) is 0 Å². The average molecular weight is 503 g/mol. The Morgan fingerprint density at radius 1 is 0.895 bits per heavy atom. The lowest BCUT2D eigenvalue weighted by molar-refractivity contribution is 0.240. The maximum absolute atomic E-state index is 13.6. The van der Waals surface area contributed by atoms with Gasteiger partial charge in [0.25, 0.3) is 0 Å². The molecule has 190 valence electrons. The molecule has 0 aliphatic heterocycles. The molecule has 1 saturated carbocycles. The number of amides is 2. The number of rotatable bonds is 7. The summed E-state index contributed by atoms with van der Waals surface area (Å²) in [5, 5.41) is 15.6. The Hall–Kier alpha value is -4.70. The molecule has 7 heteroatoms. The standard InChI is InChI=1S/C31H30N6O/c32-19-24-8-17-30(34-21-24)36-27-11-15-29(16-12-27)37(31(38)35-20-23-5-2-1-3-6-23)28-13-9-25(10-14-28)26-7-4-18-33-22-26/h1-10,13-14,17-18,21-22,27,29H,11-12,15-16,20H2,(H,34,36)(H,35,38)/t27-,29-. The van der Waals surface area contributed by atoms with Crippen LogP contribution in [0.5, 0.6) is 0 Å². The van der Waals surface area contributed by atoms with E-state index in [9.17, 15) is 4.79 Å². The third-order valence-corrected chi connectivity index (χ3v) is 6.95. The molecule has 2 heterocycles. The van der Waals surface area contributed by atoms with Crippen LogP contribution in [0, 0.1) is 11.3 Å². The van der Waals surface area contributed by atoms with E-state index in [1.807, 2.05) is 83.9 Å². The summed E-state index contributed by atoms with van der Waals surface area (Å²) in [6.07, 6.45) is 8.77. The number of carbonyl (C=O) groups is 1. The Bertz CT molecular complexity index is 1360. The number of benzene rings is 2. The molecule has 2 aromatic carbocycles. The molecule has 0 spiro atoms. The molecule has 4 aromatic rings. The molecule has 0 bridgehead atoms. The van der Waals surface area contributed by atoms with Gasteiger partial charge in [0.1, 0.15) is 11.9 Å². The number of hydrogen-bond donors (Lipinski definition) is 2. The number of nitriles is 1. The van der Waals surface area contributed by atoms with E-state index in [4.69, 9.17) is 5.26 Å². The molecule has 0 unspecified atom stereocenters. The Labute approximate surface area is 223 Å². The van der Waals surface area contributed by atoms with Gasteiger partial charge in [0.15, 0.2) is 0 Å². The van der Waals surface area contributed by atoms with Crippen LogP contribution in [-0.2, 0) is 6.54 Å². The summed E-state index contributed by atoms with van der Waals surface area (Å²) in [4.78, 5) is 24.0. The second-order valence-corrected chi connectivity index (χ2v) is 9.50. The molecule has 0 radical (unpaired) electrons. The van der Waals surface area contributed by atoms with Crippen molar-refractivity contribution in [2.45, 2.75) is 44.3 Å². The highest BCUT2D eigenvalue weighted by molar-refractivity contribution is 5.93. The summed E-state index contributed by atoms with van der Waals surface area (Å²) in [5.41, 5.74) is 4.60. The van der Waals surface area contributed by atoms with E-state index in [0.717, 1.165) is 53.9 Å². The average Bonchev–Trinajstić information content (AvgIpc) is 2.99. The second-order valence-electron chi connectivity index (χ2n) is 9.50. The molecule has 0 atom stereocenters. The fourth-order valence-electron chi connectivity index (χ4n) is 4.93. The molecule has 1 aliphatic carbocycles. The third-order valence-electron chi connectivity index (χ3n) is 6.95. The van der Waals surface area contributed by atoms with E-state index in [1.165, 1.54) is 0 Å². The number of urea groups is 1. The monoisotopic (exact) mass is 502 g/mol. The Kier molecular flexibility index (Phi) is 7.90. The summed E-state index contributed by atoms with van der Waals surface area (Å²) in [6, 6.07) is 28.0. The molecular weight excluding hydrogens is 472 g/mol. The van der Waals surface area contributed by atoms with Crippen LogP contribution in [0.2, 0.25) is 0 Å². The third kappa shape index (κ3) is 6.16. The van der Waals surface area contributed by atoms with Crippen molar-refractivity contribution in [3.63, 3.8) is 0 Å². The van der Waals surface area contributed by atoms with Gasteiger partial charge in [-0.3, -0.25) is 9.88 Å². The summed E-state index contributed by atoms with van der Waals surface area (Å²) in [6.45, 7) is 0.477. The van der Waals surface area contributed by atoms with Gasteiger partial charge in [0.2, 0.25) is 0 Å². The quantitative estimate of drug-likeness (QED) is 0.316. The van der Waals surface area contributed by atoms with Crippen molar-refractivity contribution >= 4 is 17.5 Å². The first kappa shape index (κ1) is 25.0. The highest BCUT2D eigenvalue weighted by Gasteiger charge is 2.30. The normalized spacial score (nSPS) is 16.7. The topological polar surface area (TPSA) is 93.9 Å². The summed E-state index contributed by atoms with van der Waals surface area (Å²) in [7, 11) is 0. The van der Waals surface area contributed by atoms with Crippen molar-refractivity contribution < 1.29 is 4.79 Å². The van der Waals surface area contributed by atoms with E-state index >= 15 is 0 Å². The zero-order valence-electron chi connectivity index (χ0n) is 21.1. The van der Waals surface area contributed by atoms with Gasteiger partial charge in [0, 0.05) is 42.9 Å². The van der Waals surface area contributed by atoms with E-state index in [1.54, 1.807) is 18.5 Å². The summed E-state index contributed by atoms with van der Waals surface area (Å²) >= 11 is 0. The van der Waals surface area contributed by atoms with Gasteiger partial charge in [-0.25, -0.2) is 9.78 Å². The van der Waals surface area contributed by atoms with Gasteiger partial charge in [-0.15, -0.1) is 0 Å². The SMILES string of the molecule is N#Cc1ccc(N[C@H]2CC[C@H](N(C(=O)NCc3ccccc3)c3ccc(-c4cccnc4)cc3)CC2)nc1. The molecule has 0 saturated heterocycles. The number of nitrogens with one attached hydrogen (secondary N) is 2. The zero-order valence-corrected chi connectivity index (χ0v) is 21.1. The highest BCUT2D eigenvalue weighted by Crippen LogP contribution is 2.31. The fourth-order valence-corrected chi connectivity index (χ4v) is 4.93. The molecule has 2 amide bonds. The van der Waals surface area contributed by atoms with E-state index in [0.29, 0.717) is 12.1 Å². The van der Waals surface area contributed by atoms with Crippen molar-refractivity contribution in [1.82, 2.24) is 15.3 Å². The minimum absolute atomic E-state index is 0.0852. The van der Waals surface area contributed by atoms with Crippen LogP contribution in [0.25, 0.3) is 11.1 Å². The van der Waals surface area contributed by atoms with Gasteiger partial charge in [-0.1, -0.05) is 48.5 Å². The largest absolute Gasteiger partial charge is 0.367 e. The van der Waals surface area contributed by atoms with E-state index in [-0.39, 0.29) is 18.1 Å². The lowest BCUT2D eigenvalue weighted by Crippen LogP contribution is -2.48. The molecule has 5 rings (SSSR count). The molecule has 2 aromatic heterocycles. The Morgan fingerprint density at radius 3 is 2.34 bits per heavy atom. The van der Waals surface area contributed by atoms with Crippen LogP contribution in [0.1, 0.15) is 36.8 Å². The molecule has 38 heavy (non-hydrogen) atoms. The number of hydrogen-bond acceptors (Lipinski definition) is 5. The van der Waals surface area contributed by atoms with Crippen LogP contribution in [0.15, 0.2) is 97.5 Å². The summed E-state index contributed by atoms with van der Waals surface area (Å²) < 4.78 is 0. The van der Waals surface area contributed by atoms with Gasteiger partial charge in [-0.05, 0) is 72.7 Å². The van der Waals surface area contributed by atoms with Crippen molar-refractivity contribution in [3.05, 3.63) is 109 Å². The lowest BCUT2D eigenvalue weighted by Gasteiger charge is -2.37. The van der Waals surface area contributed by atoms with Crippen molar-refractivity contribution in [2.75, 3.05) is 10.2 Å². The first-order valence-corrected chi connectivity index (χ1v) is 12.9. The van der Waals surface area contributed by atoms with Crippen LogP contribution in [0.4, 0.5) is 16.3 Å². The number of carbonyl (C=O) groups excluding carboxylic acids is 1. The van der Waals surface area contributed by atoms with Crippen molar-refractivity contribution in [3.8, 4) is 17.2 Å². The molecule has 7 nitrogen and oxygen atoms in total. The smallest absolute Gasteiger partial charge is 0.322 e. The van der Waals surface area contributed by atoms with Crippen LogP contribution >= 0.6 is 0 Å². The highest BCUT2D eigenvalue weighted by atomic mass is 16.2. The Balaban J connectivity index is 1.29. The van der Waals surface area contributed by atoms with Crippen molar-refractivity contribution in [1.29, 1.82) is 5.26 Å². The van der Waals surface area contributed by atoms with Crippen LogP contribution in [-0.4, -0.2) is 28.1 Å².